The van der Waals surface area contributed by atoms with Gasteiger partial charge < -0.3 is 5.73 Å². The number of hydrogen-bond acceptors (Lipinski definition) is 3. The Kier molecular flexibility index (Phi) is 5.07. The van der Waals surface area contributed by atoms with Gasteiger partial charge in [0.1, 0.15) is 0 Å². The Morgan fingerprint density at radius 3 is 2.47 bits per heavy atom. The molecule has 0 atom stereocenters. The molecule has 0 bridgehead atoms. The molecule has 0 radical (unpaired) electrons. The smallest absolute Gasteiger partial charge is 0.0271 e. The van der Waals surface area contributed by atoms with E-state index < -0.39 is 0 Å². The molecule has 0 amide bonds. The summed E-state index contributed by atoms with van der Waals surface area (Å²) < 4.78 is 1.12. The number of halogens is 1. The molecule has 0 saturated carbocycles. The molecule has 0 spiro atoms. The number of rotatable bonds is 5. The number of nitrogens with two attached hydrogens (primary N) is 1. The average molecular weight is 320 g/mol. The third-order valence-electron chi connectivity index (χ3n) is 3.00. The van der Waals surface area contributed by atoms with Crippen LogP contribution in [0.2, 0.25) is 0 Å². The molecule has 1 aromatic heterocycles. The SMILES string of the molecule is CN(Cc1ccncc1)Cc1ccc(CN)cc1Br. The maximum Gasteiger partial charge on any atom is 0.0271 e. The van der Waals surface area contributed by atoms with Crippen LogP contribution in [0.4, 0.5) is 0 Å². The molecule has 4 heteroatoms. The first-order chi connectivity index (χ1) is 9.19. The topological polar surface area (TPSA) is 42.2 Å². The van der Waals surface area contributed by atoms with Crippen molar-refractivity contribution in [2.24, 2.45) is 5.73 Å². The predicted octanol–water partition coefficient (Wildman–Crippen LogP) is 2.93. The Hall–Kier alpha value is -1.23. The van der Waals surface area contributed by atoms with E-state index in [-0.39, 0.29) is 0 Å². The number of aromatic nitrogens is 1. The van der Waals surface area contributed by atoms with Crippen LogP contribution in [0.25, 0.3) is 0 Å². The maximum atomic E-state index is 5.64. The van der Waals surface area contributed by atoms with Crippen molar-refractivity contribution < 1.29 is 0 Å². The molecule has 1 aromatic carbocycles. The van der Waals surface area contributed by atoms with Crippen LogP contribution in [0.15, 0.2) is 47.2 Å². The second kappa shape index (κ2) is 6.80. The highest BCUT2D eigenvalue weighted by molar-refractivity contribution is 9.10. The van der Waals surface area contributed by atoms with Crippen LogP contribution < -0.4 is 5.73 Å². The summed E-state index contributed by atoms with van der Waals surface area (Å²) in [7, 11) is 2.11. The van der Waals surface area contributed by atoms with Gasteiger partial charge in [-0.15, -0.1) is 0 Å². The van der Waals surface area contributed by atoms with E-state index >= 15 is 0 Å². The summed E-state index contributed by atoms with van der Waals surface area (Å²) in [5, 5.41) is 0. The van der Waals surface area contributed by atoms with Gasteiger partial charge in [-0.3, -0.25) is 9.88 Å². The van der Waals surface area contributed by atoms with Crippen LogP contribution in [0.3, 0.4) is 0 Å². The van der Waals surface area contributed by atoms with Crippen molar-refractivity contribution in [2.45, 2.75) is 19.6 Å². The Morgan fingerprint density at radius 1 is 1.11 bits per heavy atom. The van der Waals surface area contributed by atoms with Crippen molar-refractivity contribution in [2.75, 3.05) is 7.05 Å². The predicted molar refractivity (Wildman–Crippen MR) is 81.4 cm³/mol. The first kappa shape index (κ1) is 14.2. The standard InChI is InChI=1S/C15H18BrN3/c1-19(10-12-4-6-18-7-5-12)11-14-3-2-13(9-17)8-15(14)16/h2-8H,9-11,17H2,1H3. The molecule has 0 saturated heterocycles. The summed E-state index contributed by atoms with van der Waals surface area (Å²) in [5.41, 5.74) is 9.32. The van der Waals surface area contributed by atoms with E-state index in [4.69, 9.17) is 5.73 Å². The first-order valence-electron chi connectivity index (χ1n) is 6.24. The van der Waals surface area contributed by atoms with Crippen LogP contribution in [-0.4, -0.2) is 16.9 Å². The van der Waals surface area contributed by atoms with Crippen molar-refractivity contribution in [3.8, 4) is 0 Å². The highest BCUT2D eigenvalue weighted by Gasteiger charge is 2.05. The maximum absolute atomic E-state index is 5.64. The molecule has 19 heavy (non-hydrogen) atoms. The van der Waals surface area contributed by atoms with Gasteiger partial charge in [0, 0.05) is 36.5 Å². The van der Waals surface area contributed by atoms with Gasteiger partial charge in [0.15, 0.2) is 0 Å². The number of pyridine rings is 1. The number of hydrogen-bond donors (Lipinski definition) is 1. The zero-order valence-corrected chi connectivity index (χ0v) is 12.6. The molecule has 0 aliphatic carbocycles. The lowest BCUT2D eigenvalue weighted by atomic mass is 10.1. The van der Waals surface area contributed by atoms with E-state index in [1.807, 2.05) is 24.5 Å². The Labute approximate surface area is 122 Å². The molecule has 2 N–H and O–H groups in total. The van der Waals surface area contributed by atoms with Crippen LogP contribution in [-0.2, 0) is 19.6 Å². The molecule has 0 aliphatic heterocycles. The third-order valence-corrected chi connectivity index (χ3v) is 3.73. The monoisotopic (exact) mass is 319 g/mol. The number of benzene rings is 1. The van der Waals surface area contributed by atoms with Crippen molar-refractivity contribution in [3.05, 3.63) is 63.9 Å². The fourth-order valence-electron chi connectivity index (χ4n) is 1.99. The van der Waals surface area contributed by atoms with Gasteiger partial charge in [-0.2, -0.15) is 0 Å². The minimum absolute atomic E-state index is 0.575. The summed E-state index contributed by atoms with van der Waals surface area (Å²) >= 11 is 3.61. The van der Waals surface area contributed by atoms with Crippen molar-refractivity contribution in [1.82, 2.24) is 9.88 Å². The normalized spacial score (nSPS) is 10.9. The Morgan fingerprint density at radius 2 is 1.84 bits per heavy atom. The number of nitrogens with zero attached hydrogens (tertiary/aromatic N) is 2. The van der Waals surface area contributed by atoms with Gasteiger partial charge in [-0.05, 0) is 41.9 Å². The van der Waals surface area contributed by atoms with Crippen LogP contribution >= 0.6 is 15.9 Å². The van der Waals surface area contributed by atoms with Gasteiger partial charge in [-0.1, -0.05) is 28.1 Å². The van der Waals surface area contributed by atoms with E-state index in [0.29, 0.717) is 6.54 Å². The van der Waals surface area contributed by atoms with E-state index in [9.17, 15) is 0 Å². The van der Waals surface area contributed by atoms with Gasteiger partial charge >= 0.3 is 0 Å². The van der Waals surface area contributed by atoms with E-state index in [2.05, 4.69) is 51.1 Å². The molecular formula is C15H18BrN3. The highest BCUT2D eigenvalue weighted by atomic mass is 79.9. The van der Waals surface area contributed by atoms with Crippen molar-refractivity contribution in [1.29, 1.82) is 0 Å². The summed E-state index contributed by atoms with van der Waals surface area (Å²) in [6.07, 6.45) is 3.66. The molecule has 100 valence electrons. The summed E-state index contributed by atoms with van der Waals surface area (Å²) in [4.78, 5) is 6.31. The quantitative estimate of drug-likeness (QED) is 0.921. The van der Waals surface area contributed by atoms with E-state index in [0.717, 1.165) is 23.1 Å². The van der Waals surface area contributed by atoms with Crippen LogP contribution in [0.1, 0.15) is 16.7 Å². The van der Waals surface area contributed by atoms with E-state index in [1.54, 1.807) is 0 Å². The molecular weight excluding hydrogens is 302 g/mol. The lowest BCUT2D eigenvalue weighted by molar-refractivity contribution is 0.318. The molecule has 2 rings (SSSR count). The second-order valence-corrected chi connectivity index (χ2v) is 5.51. The van der Waals surface area contributed by atoms with Gasteiger partial charge in [0.25, 0.3) is 0 Å². The Bertz CT molecular complexity index is 528. The minimum Gasteiger partial charge on any atom is -0.326 e. The fourth-order valence-corrected chi connectivity index (χ4v) is 2.54. The molecule has 1 heterocycles. The van der Waals surface area contributed by atoms with E-state index in [1.165, 1.54) is 11.1 Å². The van der Waals surface area contributed by atoms with Gasteiger partial charge in [0.05, 0.1) is 0 Å². The minimum atomic E-state index is 0.575. The molecule has 2 aromatic rings. The molecule has 0 aliphatic rings. The van der Waals surface area contributed by atoms with Crippen molar-refractivity contribution in [3.63, 3.8) is 0 Å². The zero-order chi connectivity index (χ0) is 13.7. The molecule has 0 unspecified atom stereocenters. The highest BCUT2D eigenvalue weighted by Crippen LogP contribution is 2.20. The second-order valence-electron chi connectivity index (χ2n) is 4.66. The summed E-state index contributed by atoms with van der Waals surface area (Å²) in [6.45, 7) is 2.38. The zero-order valence-electron chi connectivity index (χ0n) is 11.0. The van der Waals surface area contributed by atoms with Gasteiger partial charge in [0.2, 0.25) is 0 Å². The molecule has 3 nitrogen and oxygen atoms in total. The summed E-state index contributed by atoms with van der Waals surface area (Å²) in [5.74, 6) is 0. The molecule has 0 fully saturated rings. The first-order valence-corrected chi connectivity index (χ1v) is 7.03. The largest absolute Gasteiger partial charge is 0.326 e. The van der Waals surface area contributed by atoms with Crippen molar-refractivity contribution >= 4 is 15.9 Å². The van der Waals surface area contributed by atoms with Crippen LogP contribution in [0.5, 0.6) is 0 Å². The summed E-state index contributed by atoms with van der Waals surface area (Å²) in [6, 6.07) is 10.4. The fraction of sp³-hybridized carbons (Fsp3) is 0.267. The Balaban J connectivity index is 2.01. The van der Waals surface area contributed by atoms with Crippen LogP contribution in [0, 0.1) is 0 Å². The van der Waals surface area contributed by atoms with Gasteiger partial charge in [-0.25, -0.2) is 0 Å². The third kappa shape index (κ3) is 4.13. The lowest BCUT2D eigenvalue weighted by Gasteiger charge is -2.18. The lowest BCUT2D eigenvalue weighted by Crippen LogP contribution is -2.17. The average Bonchev–Trinajstić information content (AvgIpc) is 2.42.